The molecule has 2 aromatic carbocycles. The summed E-state index contributed by atoms with van der Waals surface area (Å²) in [6.07, 6.45) is -6.16. The molecule has 0 saturated heterocycles. The number of nitrogens with zero attached hydrogens (tertiary/aromatic N) is 3. The molecule has 0 spiro atoms. The monoisotopic (exact) mass is 555 g/mol. The Balaban J connectivity index is 2.09. The fourth-order valence-corrected chi connectivity index (χ4v) is 3.77. The van der Waals surface area contributed by atoms with Gasteiger partial charge in [0.25, 0.3) is 0 Å². The molecule has 0 aliphatic heterocycles. The van der Waals surface area contributed by atoms with Gasteiger partial charge in [-0.2, -0.15) is 13.8 Å². The maximum Gasteiger partial charge on any atom is 0.336 e. The molecule has 0 bridgehead atoms. The molecule has 0 aliphatic carbocycles. The van der Waals surface area contributed by atoms with Crippen molar-refractivity contribution >= 4 is 5.95 Å². The van der Waals surface area contributed by atoms with Crippen molar-refractivity contribution in [3.05, 3.63) is 59.3 Å². The lowest BCUT2D eigenvalue weighted by Crippen LogP contribution is -2.35. The Kier molecular flexibility index (Phi) is 9.62. The van der Waals surface area contributed by atoms with E-state index in [4.69, 9.17) is 23.7 Å². The average molecular weight is 556 g/mol. The van der Waals surface area contributed by atoms with Crippen molar-refractivity contribution in [2.45, 2.75) is 31.5 Å². The maximum atomic E-state index is 13.9. The molecule has 39 heavy (non-hydrogen) atoms. The number of methoxy groups -OCH3 is 5. The molecule has 1 N–H and O–H groups in total. The summed E-state index contributed by atoms with van der Waals surface area (Å²) in [5.74, 6) is -3.11. The molecule has 0 saturated carbocycles. The molecular weight excluding hydrogens is 526 g/mol. The summed E-state index contributed by atoms with van der Waals surface area (Å²) in [7, 11) is 7.14. The van der Waals surface area contributed by atoms with Gasteiger partial charge in [0.1, 0.15) is 23.0 Å². The zero-order valence-electron chi connectivity index (χ0n) is 22.0. The first-order valence-corrected chi connectivity index (χ1v) is 11.5. The van der Waals surface area contributed by atoms with Crippen LogP contribution in [-0.2, 0) is 13.1 Å². The third-order valence-electron chi connectivity index (χ3n) is 5.90. The molecular formula is C26H29F4N3O6. The standard InChI is InChI=1S/C26H29F4N3O6/c1-35-17-8-6-15(20(10-17)37-3)13-33(14-16-7-9-18(36-2)11-21(16)38-4)25-31-12-19(23(32-25)39-5)22(34)26(29,30)24(27)28/h6-12,22,24,34H,13-14H2,1-5H3. The Morgan fingerprint density at radius 2 is 1.33 bits per heavy atom. The summed E-state index contributed by atoms with van der Waals surface area (Å²) in [4.78, 5) is 9.96. The van der Waals surface area contributed by atoms with Gasteiger partial charge in [-0.05, 0) is 24.3 Å². The van der Waals surface area contributed by atoms with Gasteiger partial charge < -0.3 is 33.7 Å². The molecule has 212 valence electrons. The second-order valence-electron chi connectivity index (χ2n) is 8.22. The smallest absolute Gasteiger partial charge is 0.336 e. The molecule has 0 amide bonds. The van der Waals surface area contributed by atoms with Gasteiger partial charge in [0.05, 0.1) is 41.1 Å². The van der Waals surface area contributed by atoms with E-state index in [9.17, 15) is 22.7 Å². The fourth-order valence-electron chi connectivity index (χ4n) is 3.77. The second-order valence-corrected chi connectivity index (χ2v) is 8.22. The SMILES string of the molecule is COc1ccc(CN(Cc2ccc(OC)cc2OC)c2ncc(C(O)C(F)(F)C(F)F)c(OC)n2)c(OC)c1. The number of aromatic nitrogens is 2. The van der Waals surface area contributed by atoms with Crippen LogP contribution < -0.4 is 28.6 Å². The molecule has 3 rings (SSSR count). The molecule has 3 aromatic rings. The van der Waals surface area contributed by atoms with Crippen molar-refractivity contribution in [3.63, 3.8) is 0 Å². The Hall–Kier alpha value is -4.00. The highest BCUT2D eigenvalue weighted by Gasteiger charge is 2.50. The molecule has 13 heteroatoms. The summed E-state index contributed by atoms with van der Waals surface area (Å²) < 4.78 is 80.2. The van der Waals surface area contributed by atoms with Crippen LogP contribution in [0.15, 0.2) is 42.6 Å². The van der Waals surface area contributed by atoms with E-state index in [1.54, 1.807) is 41.3 Å². The van der Waals surface area contributed by atoms with Crippen LogP contribution in [0.1, 0.15) is 22.8 Å². The summed E-state index contributed by atoms with van der Waals surface area (Å²) >= 11 is 0. The Labute approximate surface area is 222 Å². The molecule has 0 radical (unpaired) electrons. The number of hydrogen-bond acceptors (Lipinski definition) is 9. The fraction of sp³-hybridized carbons (Fsp3) is 0.385. The highest BCUT2D eigenvalue weighted by atomic mass is 19.3. The predicted octanol–water partition coefficient (Wildman–Crippen LogP) is 4.66. The minimum absolute atomic E-state index is 0.00101. The van der Waals surface area contributed by atoms with Crippen LogP contribution in [0, 0.1) is 0 Å². The van der Waals surface area contributed by atoms with Crippen molar-refractivity contribution in [1.29, 1.82) is 0 Å². The Morgan fingerprint density at radius 1 is 0.821 bits per heavy atom. The lowest BCUT2D eigenvalue weighted by Gasteiger charge is -2.27. The third-order valence-corrected chi connectivity index (χ3v) is 5.90. The largest absolute Gasteiger partial charge is 0.497 e. The van der Waals surface area contributed by atoms with Gasteiger partial charge in [-0.25, -0.2) is 13.8 Å². The van der Waals surface area contributed by atoms with Gasteiger partial charge in [-0.3, -0.25) is 0 Å². The first-order chi connectivity index (χ1) is 18.6. The van der Waals surface area contributed by atoms with E-state index in [0.29, 0.717) is 34.1 Å². The van der Waals surface area contributed by atoms with E-state index in [2.05, 4.69) is 9.97 Å². The maximum absolute atomic E-state index is 13.9. The van der Waals surface area contributed by atoms with E-state index in [1.165, 1.54) is 28.4 Å². The minimum atomic E-state index is -4.75. The number of anilines is 1. The summed E-state index contributed by atoms with van der Waals surface area (Å²) in [5, 5.41) is 10.0. The first-order valence-electron chi connectivity index (χ1n) is 11.5. The number of benzene rings is 2. The van der Waals surface area contributed by atoms with Crippen LogP contribution in [0.25, 0.3) is 0 Å². The van der Waals surface area contributed by atoms with Crippen LogP contribution in [0.4, 0.5) is 23.5 Å². The van der Waals surface area contributed by atoms with Crippen molar-refractivity contribution < 1.29 is 46.4 Å². The van der Waals surface area contributed by atoms with Crippen LogP contribution >= 0.6 is 0 Å². The summed E-state index contributed by atoms with van der Waals surface area (Å²) in [6.45, 7) is 0.307. The van der Waals surface area contributed by atoms with Gasteiger partial charge >= 0.3 is 12.3 Å². The van der Waals surface area contributed by atoms with Gasteiger partial charge in [-0.1, -0.05) is 0 Å². The van der Waals surface area contributed by atoms with E-state index < -0.39 is 29.9 Å². The van der Waals surface area contributed by atoms with Gasteiger partial charge in [-0.15, -0.1) is 0 Å². The minimum Gasteiger partial charge on any atom is -0.497 e. The topological polar surface area (TPSA) is 95.4 Å². The van der Waals surface area contributed by atoms with Crippen LogP contribution in [0.5, 0.6) is 28.9 Å². The molecule has 1 heterocycles. The Morgan fingerprint density at radius 3 is 1.74 bits per heavy atom. The average Bonchev–Trinajstić information content (AvgIpc) is 2.96. The van der Waals surface area contributed by atoms with Gasteiger partial charge in [0, 0.05) is 42.5 Å². The molecule has 9 nitrogen and oxygen atoms in total. The van der Waals surface area contributed by atoms with E-state index in [0.717, 1.165) is 13.3 Å². The molecule has 1 unspecified atom stereocenters. The number of aliphatic hydroxyl groups is 1. The number of halogens is 4. The van der Waals surface area contributed by atoms with Gasteiger partial charge in [0.2, 0.25) is 11.8 Å². The molecule has 1 atom stereocenters. The predicted molar refractivity (Wildman–Crippen MR) is 133 cm³/mol. The number of hydrogen-bond donors (Lipinski definition) is 1. The molecule has 0 aliphatic rings. The number of aliphatic hydroxyl groups excluding tert-OH is 1. The first kappa shape index (κ1) is 29.6. The lowest BCUT2D eigenvalue weighted by atomic mass is 10.1. The van der Waals surface area contributed by atoms with Crippen LogP contribution in [-0.4, -0.2) is 63.0 Å². The number of alkyl halides is 4. The van der Waals surface area contributed by atoms with E-state index >= 15 is 0 Å². The van der Waals surface area contributed by atoms with E-state index in [1.807, 2.05) is 0 Å². The second kappa shape index (κ2) is 12.7. The Bertz CT molecular complexity index is 1210. The van der Waals surface area contributed by atoms with Crippen LogP contribution in [0.2, 0.25) is 0 Å². The van der Waals surface area contributed by atoms with Crippen molar-refractivity contribution in [3.8, 4) is 28.9 Å². The van der Waals surface area contributed by atoms with Crippen molar-refractivity contribution in [1.82, 2.24) is 9.97 Å². The van der Waals surface area contributed by atoms with Crippen molar-refractivity contribution in [2.24, 2.45) is 0 Å². The highest BCUT2D eigenvalue weighted by molar-refractivity contribution is 5.48. The third kappa shape index (κ3) is 6.53. The number of ether oxygens (including phenoxy) is 5. The van der Waals surface area contributed by atoms with E-state index in [-0.39, 0.29) is 19.0 Å². The lowest BCUT2D eigenvalue weighted by molar-refractivity contribution is -0.194. The highest BCUT2D eigenvalue weighted by Crippen LogP contribution is 2.40. The zero-order valence-corrected chi connectivity index (χ0v) is 22.0. The normalized spacial score (nSPS) is 12.2. The summed E-state index contributed by atoms with van der Waals surface area (Å²) in [6, 6.07) is 10.4. The van der Waals surface area contributed by atoms with Crippen molar-refractivity contribution in [2.75, 3.05) is 40.4 Å². The summed E-state index contributed by atoms with van der Waals surface area (Å²) in [5.41, 5.74) is 0.707. The number of rotatable bonds is 13. The van der Waals surface area contributed by atoms with Crippen LogP contribution in [0.3, 0.4) is 0 Å². The van der Waals surface area contributed by atoms with Gasteiger partial charge in [0.15, 0.2) is 6.10 Å². The quantitative estimate of drug-likeness (QED) is 0.302. The zero-order chi connectivity index (χ0) is 28.7. The molecule has 1 aromatic heterocycles. The molecule has 0 fully saturated rings.